The minimum absolute atomic E-state index is 0.0954. The summed E-state index contributed by atoms with van der Waals surface area (Å²) in [6.45, 7) is 1.77. The molecule has 1 N–H and O–H groups in total. The summed E-state index contributed by atoms with van der Waals surface area (Å²) < 4.78 is 18.1. The molecule has 0 saturated carbocycles. The standard InChI is InChI=1S/C11H9FN2O3/c1-2-17-11(16)9-13-8-6(10(15)14-9)4-3-5-7(8)12/h3-5H,2H2,1H3,(H,13,14,15). The topological polar surface area (TPSA) is 72.0 Å². The molecule has 5 nitrogen and oxygen atoms in total. The summed E-state index contributed by atoms with van der Waals surface area (Å²) in [6, 6.07) is 4.00. The molecule has 0 fully saturated rings. The average molecular weight is 236 g/mol. The lowest BCUT2D eigenvalue weighted by Crippen LogP contribution is -2.18. The summed E-state index contributed by atoms with van der Waals surface area (Å²) in [5.41, 5.74) is -0.711. The fourth-order valence-corrected chi connectivity index (χ4v) is 1.42. The van der Waals surface area contributed by atoms with Crippen LogP contribution in [-0.2, 0) is 4.74 Å². The molecule has 17 heavy (non-hydrogen) atoms. The number of ether oxygens (including phenoxy) is 1. The van der Waals surface area contributed by atoms with Gasteiger partial charge >= 0.3 is 5.97 Å². The first kappa shape index (κ1) is 11.3. The van der Waals surface area contributed by atoms with E-state index in [4.69, 9.17) is 0 Å². The summed E-state index contributed by atoms with van der Waals surface area (Å²) in [5, 5.41) is 0.0954. The number of nitrogens with zero attached hydrogens (tertiary/aromatic N) is 1. The van der Waals surface area contributed by atoms with E-state index in [0.29, 0.717) is 0 Å². The van der Waals surface area contributed by atoms with E-state index in [-0.39, 0.29) is 23.3 Å². The van der Waals surface area contributed by atoms with Crippen molar-refractivity contribution in [1.29, 1.82) is 0 Å². The molecule has 0 aliphatic heterocycles. The van der Waals surface area contributed by atoms with Crippen molar-refractivity contribution in [1.82, 2.24) is 9.97 Å². The summed E-state index contributed by atoms with van der Waals surface area (Å²) in [5.74, 6) is -1.73. The highest BCUT2D eigenvalue weighted by molar-refractivity contribution is 5.88. The third-order valence-electron chi connectivity index (χ3n) is 2.16. The molecule has 1 aromatic heterocycles. The van der Waals surface area contributed by atoms with Crippen LogP contribution in [0.4, 0.5) is 4.39 Å². The van der Waals surface area contributed by atoms with Gasteiger partial charge in [0, 0.05) is 0 Å². The molecule has 0 amide bonds. The lowest BCUT2D eigenvalue weighted by Gasteiger charge is -2.02. The number of carbonyl (C=O) groups is 1. The molecule has 1 heterocycles. The predicted molar refractivity (Wildman–Crippen MR) is 58.3 cm³/mol. The number of hydrogen-bond acceptors (Lipinski definition) is 4. The fraction of sp³-hybridized carbons (Fsp3) is 0.182. The zero-order valence-electron chi connectivity index (χ0n) is 8.99. The molecule has 2 aromatic rings. The van der Waals surface area contributed by atoms with Crippen molar-refractivity contribution < 1.29 is 13.9 Å². The third kappa shape index (κ3) is 2.01. The number of halogens is 1. The van der Waals surface area contributed by atoms with Crippen LogP contribution < -0.4 is 5.56 Å². The van der Waals surface area contributed by atoms with Gasteiger partial charge in [0.1, 0.15) is 11.3 Å². The lowest BCUT2D eigenvalue weighted by atomic mass is 10.2. The highest BCUT2D eigenvalue weighted by atomic mass is 19.1. The molecule has 0 saturated heterocycles. The van der Waals surface area contributed by atoms with E-state index < -0.39 is 17.3 Å². The van der Waals surface area contributed by atoms with Gasteiger partial charge < -0.3 is 9.72 Å². The Balaban J connectivity index is 2.66. The number of benzene rings is 1. The highest BCUT2D eigenvalue weighted by Crippen LogP contribution is 2.11. The molecular formula is C11H9FN2O3. The molecule has 0 radical (unpaired) electrons. The van der Waals surface area contributed by atoms with E-state index in [1.54, 1.807) is 6.92 Å². The van der Waals surface area contributed by atoms with Crippen molar-refractivity contribution in [3.05, 3.63) is 40.2 Å². The van der Waals surface area contributed by atoms with Gasteiger partial charge in [-0.15, -0.1) is 0 Å². The minimum Gasteiger partial charge on any atom is -0.460 e. The molecule has 0 aliphatic rings. The molecule has 0 unspecified atom stereocenters. The predicted octanol–water partition coefficient (Wildman–Crippen LogP) is 1.24. The lowest BCUT2D eigenvalue weighted by molar-refractivity contribution is 0.0512. The second kappa shape index (κ2) is 4.32. The molecule has 0 bridgehead atoms. The Morgan fingerprint density at radius 2 is 2.29 bits per heavy atom. The Morgan fingerprint density at radius 1 is 1.53 bits per heavy atom. The first-order valence-corrected chi connectivity index (χ1v) is 4.99. The van der Waals surface area contributed by atoms with E-state index >= 15 is 0 Å². The summed E-state index contributed by atoms with van der Waals surface area (Å²) >= 11 is 0. The van der Waals surface area contributed by atoms with Crippen molar-refractivity contribution in [2.45, 2.75) is 6.92 Å². The number of aromatic nitrogens is 2. The average Bonchev–Trinajstić information content (AvgIpc) is 2.30. The number of para-hydroxylation sites is 1. The summed E-state index contributed by atoms with van der Waals surface area (Å²) in [4.78, 5) is 29.0. The Hall–Kier alpha value is -2.24. The van der Waals surface area contributed by atoms with Gasteiger partial charge in [0.25, 0.3) is 5.56 Å². The molecule has 0 aliphatic carbocycles. The largest absolute Gasteiger partial charge is 0.460 e. The highest BCUT2D eigenvalue weighted by Gasteiger charge is 2.13. The molecule has 1 aromatic carbocycles. The van der Waals surface area contributed by atoms with E-state index in [0.717, 1.165) is 0 Å². The van der Waals surface area contributed by atoms with Crippen molar-refractivity contribution in [2.24, 2.45) is 0 Å². The quantitative estimate of drug-likeness (QED) is 0.796. The van der Waals surface area contributed by atoms with Gasteiger partial charge in [0.15, 0.2) is 0 Å². The second-order valence-electron chi connectivity index (χ2n) is 3.27. The number of hydrogen-bond donors (Lipinski definition) is 1. The Morgan fingerprint density at radius 3 is 3.00 bits per heavy atom. The molecule has 88 valence electrons. The summed E-state index contributed by atoms with van der Waals surface area (Å²) in [7, 11) is 0. The van der Waals surface area contributed by atoms with Crippen LogP contribution in [0.5, 0.6) is 0 Å². The van der Waals surface area contributed by atoms with Crippen LogP contribution in [0.1, 0.15) is 17.5 Å². The number of nitrogens with one attached hydrogen (secondary N) is 1. The zero-order chi connectivity index (χ0) is 12.4. The normalized spacial score (nSPS) is 10.5. The van der Waals surface area contributed by atoms with Crippen molar-refractivity contribution in [3.63, 3.8) is 0 Å². The van der Waals surface area contributed by atoms with Gasteiger partial charge in [-0.2, -0.15) is 0 Å². The van der Waals surface area contributed by atoms with Crippen LogP contribution in [0.3, 0.4) is 0 Å². The van der Waals surface area contributed by atoms with E-state index in [1.165, 1.54) is 18.2 Å². The third-order valence-corrected chi connectivity index (χ3v) is 2.16. The van der Waals surface area contributed by atoms with Gasteiger partial charge in [-0.3, -0.25) is 4.79 Å². The first-order chi connectivity index (χ1) is 8.13. The monoisotopic (exact) mass is 236 g/mol. The number of rotatable bonds is 2. The SMILES string of the molecule is CCOC(=O)c1nc2c(F)cccc2c(=O)[nH]1. The minimum atomic E-state index is -0.783. The van der Waals surface area contributed by atoms with Gasteiger partial charge in [-0.1, -0.05) is 6.07 Å². The van der Waals surface area contributed by atoms with Crippen LogP contribution in [0.25, 0.3) is 10.9 Å². The Kier molecular flexibility index (Phi) is 2.86. The molecule has 2 rings (SSSR count). The molecule has 6 heteroatoms. The van der Waals surface area contributed by atoms with Crippen molar-refractivity contribution in [3.8, 4) is 0 Å². The maximum absolute atomic E-state index is 13.4. The van der Waals surface area contributed by atoms with Gasteiger partial charge in [-0.05, 0) is 19.1 Å². The molecule has 0 spiro atoms. The Labute approximate surface area is 95.2 Å². The van der Waals surface area contributed by atoms with Gasteiger partial charge in [0.05, 0.1) is 12.0 Å². The maximum Gasteiger partial charge on any atom is 0.374 e. The van der Waals surface area contributed by atoms with Crippen molar-refractivity contribution in [2.75, 3.05) is 6.61 Å². The van der Waals surface area contributed by atoms with E-state index in [1.807, 2.05) is 0 Å². The van der Waals surface area contributed by atoms with Crippen molar-refractivity contribution >= 4 is 16.9 Å². The van der Waals surface area contributed by atoms with Crippen LogP contribution >= 0.6 is 0 Å². The summed E-state index contributed by atoms with van der Waals surface area (Å²) in [6.07, 6.45) is 0. The number of esters is 1. The van der Waals surface area contributed by atoms with E-state index in [2.05, 4.69) is 14.7 Å². The van der Waals surface area contributed by atoms with Gasteiger partial charge in [-0.25, -0.2) is 14.2 Å². The number of fused-ring (bicyclic) bond motifs is 1. The number of carbonyl (C=O) groups excluding carboxylic acids is 1. The molecule has 0 atom stereocenters. The number of aromatic amines is 1. The van der Waals surface area contributed by atoms with Crippen LogP contribution in [0, 0.1) is 5.82 Å². The zero-order valence-corrected chi connectivity index (χ0v) is 8.99. The van der Waals surface area contributed by atoms with Crippen LogP contribution in [0.2, 0.25) is 0 Å². The van der Waals surface area contributed by atoms with Crippen LogP contribution in [0.15, 0.2) is 23.0 Å². The smallest absolute Gasteiger partial charge is 0.374 e. The van der Waals surface area contributed by atoms with Gasteiger partial charge in [0.2, 0.25) is 5.82 Å². The van der Waals surface area contributed by atoms with E-state index in [9.17, 15) is 14.0 Å². The maximum atomic E-state index is 13.4. The fourth-order valence-electron chi connectivity index (χ4n) is 1.42. The molecular weight excluding hydrogens is 227 g/mol. The first-order valence-electron chi connectivity index (χ1n) is 4.99. The second-order valence-corrected chi connectivity index (χ2v) is 3.27. The Bertz CT molecular complexity index is 636. The number of H-pyrrole nitrogens is 1. The van der Waals surface area contributed by atoms with Crippen LogP contribution in [-0.4, -0.2) is 22.5 Å².